The van der Waals surface area contributed by atoms with Crippen LogP contribution in [0.15, 0.2) is 30.3 Å². The van der Waals surface area contributed by atoms with Crippen molar-refractivity contribution in [3.05, 3.63) is 35.9 Å². The van der Waals surface area contributed by atoms with E-state index in [1.807, 2.05) is 45.9 Å². The maximum Gasteiger partial charge on any atom is 0.149 e. The first-order chi connectivity index (χ1) is 7.93. The number of ketones is 1. The third-order valence-electron chi connectivity index (χ3n) is 2.27. The normalized spacial score (nSPS) is 10.1. The lowest BCUT2D eigenvalue weighted by atomic mass is 10.1. The molecule has 2 heteroatoms. The summed E-state index contributed by atoms with van der Waals surface area (Å²) in [6.07, 6.45) is 0. The van der Waals surface area contributed by atoms with Crippen molar-refractivity contribution >= 4 is 5.78 Å². The number of Topliss-reactive ketones (excluding diaryl/α,β-unsaturated/α-hetero) is 1. The number of carbonyl (C=O) groups is 1. The van der Waals surface area contributed by atoms with Crippen LogP contribution in [0.3, 0.4) is 0 Å². The molecule has 96 valence electrons. The van der Waals surface area contributed by atoms with Crippen LogP contribution in [0.5, 0.6) is 0 Å². The summed E-state index contributed by atoms with van der Waals surface area (Å²) in [6, 6.07) is 10.7. The number of nitrogens with one attached hydrogen (secondary N) is 1. The Kier molecular flexibility index (Phi) is 8.34. The van der Waals surface area contributed by atoms with E-state index in [-0.39, 0.29) is 11.7 Å². The van der Waals surface area contributed by atoms with Crippen LogP contribution >= 0.6 is 0 Å². The van der Waals surface area contributed by atoms with Crippen LogP contribution in [0.4, 0.5) is 0 Å². The first kappa shape index (κ1) is 15.9. The minimum atomic E-state index is 0.159. The van der Waals surface area contributed by atoms with Crippen LogP contribution in [0.2, 0.25) is 0 Å². The Labute approximate surface area is 105 Å². The van der Waals surface area contributed by atoms with Crippen LogP contribution in [-0.2, 0) is 4.79 Å². The summed E-state index contributed by atoms with van der Waals surface area (Å²) in [5.41, 5.74) is 1.32. The Morgan fingerprint density at radius 2 is 1.65 bits per heavy atom. The first-order valence-corrected chi connectivity index (χ1v) is 6.21. The zero-order valence-corrected chi connectivity index (χ0v) is 11.7. The second kappa shape index (κ2) is 8.94. The molecule has 1 aromatic rings. The average Bonchev–Trinajstić information content (AvgIpc) is 2.27. The zero-order chi connectivity index (χ0) is 13.3. The quantitative estimate of drug-likeness (QED) is 0.868. The van der Waals surface area contributed by atoms with Crippen molar-refractivity contribution in [3.63, 3.8) is 0 Å². The van der Waals surface area contributed by atoms with Crippen molar-refractivity contribution in [1.82, 2.24) is 5.32 Å². The molecule has 0 aliphatic heterocycles. The topological polar surface area (TPSA) is 29.1 Å². The van der Waals surface area contributed by atoms with E-state index in [1.165, 1.54) is 5.56 Å². The summed E-state index contributed by atoms with van der Waals surface area (Å²) in [5.74, 6) is 0.444. The average molecular weight is 235 g/mol. The molecule has 2 nitrogen and oxygen atoms in total. The molecular formula is C15H25NO. The maximum absolute atomic E-state index is 11.0. The van der Waals surface area contributed by atoms with Gasteiger partial charge in [0.05, 0.1) is 6.54 Å². The second-order valence-corrected chi connectivity index (χ2v) is 4.81. The second-order valence-electron chi connectivity index (χ2n) is 4.81. The fourth-order valence-electron chi connectivity index (χ4n) is 1.04. The first-order valence-electron chi connectivity index (χ1n) is 6.21. The molecule has 1 rings (SSSR count). The van der Waals surface area contributed by atoms with Crippen LogP contribution in [-0.4, -0.2) is 18.4 Å². The lowest BCUT2D eigenvalue weighted by molar-refractivity contribution is -0.121. The number of rotatable bonds is 4. The van der Waals surface area contributed by atoms with E-state index in [0.29, 0.717) is 12.6 Å². The van der Waals surface area contributed by atoms with Crippen molar-refractivity contribution < 1.29 is 4.79 Å². The van der Waals surface area contributed by atoms with Gasteiger partial charge in [-0.25, -0.2) is 0 Å². The number of hydrogen-bond donors (Lipinski definition) is 1. The van der Waals surface area contributed by atoms with E-state index < -0.39 is 0 Å². The van der Waals surface area contributed by atoms with Gasteiger partial charge in [-0.15, -0.1) is 0 Å². The van der Waals surface area contributed by atoms with E-state index >= 15 is 0 Å². The molecule has 0 aliphatic rings. The van der Waals surface area contributed by atoms with Crippen molar-refractivity contribution in [2.75, 3.05) is 6.54 Å². The lowest BCUT2D eigenvalue weighted by Gasteiger charge is -2.08. The summed E-state index contributed by atoms with van der Waals surface area (Å²) in [6.45, 7) is 10.5. The number of carbonyl (C=O) groups excluding carboxylic acids is 1. The van der Waals surface area contributed by atoms with Gasteiger partial charge in [0.15, 0.2) is 0 Å². The van der Waals surface area contributed by atoms with E-state index in [1.54, 1.807) is 0 Å². The molecular weight excluding hydrogens is 210 g/mol. The van der Waals surface area contributed by atoms with Gasteiger partial charge in [0.2, 0.25) is 0 Å². The maximum atomic E-state index is 11.0. The fraction of sp³-hybridized carbons (Fsp3) is 0.533. The number of benzene rings is 1. The monoisotopic (exact) mass is 235 g/mol. The molecule has 1 N–H and O–H groups in total. The molecule has 0 amide bonds. The Morgan fingerprint density at radius 1 is 1.12 bits per heavy atom. The molecule has 0 spiro atoms. The number of hydrogen-bond acceptors (Lipinski definition) is 2. The largest absolute Gasteiger partial charge is 0.308 e. The molecule has 0 bridgehead atoms. The van der Waals surface area contributed by atoms with Gasteiger partial charge in [-0.1, -0.05) is 63.6 Å². The Hall–Kier alpha value is -1.15. The van der Waals surface area contributed by atoms with Gasteiger partial charge in [0.1, 0.15) is 5.78 Å². The highest BCUT2D eigenvalue weighted by Gasteiger charge is 2.05. The van der Waals surface area contributed by atoms with Gasteiger partial charge < -0.3 is 5.32 Å². The zero-order valence-electron chi connectivity index (χ0n) is 11.7. The van der Waals surface area contributed by atoms with Gasteiger partial charge in [-0.3, -0.25) is 4.79 Å². The third-order valence-corrected chi connectivity index (χ3v) is 2.27. The van der Waals surface area contributed by atoms with Gasteiger partial charge in [-0.2, -0.15) is 0 Å². The van der Waals surface area contributed by atoms with Crippen LogP contribution < -0.4 is 5.32 Å². The molecule has 0 aliphatic carbocycles. The van der Waals surface area contributed by atoms with Gasteiger partial charge >= 0.3 is 0 Å². The Bertz CT molecular complexity index is 304. The van der Waals surface area contributed by atoms with Crippen molar-refractivity contribution in [2.45, 2.75) is 40.7 Å². The summed E-state index contributed by atoms with van der Waals surface area (Å²) in [4.78, 5) is 11.0. The molecule has 1 aromatic carbocycles. The van der Waals surface area contributed by atoms with E-state index in [0.717, 1.165) is 0 Å². The Balaban J connectivity index is 0.000000318. The van der Waals surface area contributed by atoms with Crippen LogP contribution in [0.25, 0.3) is 0 Å². The summed E-state index contributed by atoms with van der Waals surface area (Å²) in [5, 5.41) is 3.08. The van der Waals surface area contributed by atoms with Crippen LogP contribution in [0.1, 0.15) is 33.3 Å². The van der Waals surface area contributed by atoms with Crippen molar-refractivity contribution in [3.8, 4) is 0 Å². The minimum Gasteiger partial charge on any atom is -0.308 e. The lowest BCUT2D eigenvalue weighted by Crippen LogP contribution is -2.31. The summed E-state index contributed by atoms with van der Waals surface area (Å²) < 4.78 is 0. The highest BCUT2D eigenvalue weighted by atomic mass is 16.1. The van der Waals surface area contributed by atoms with Gasteiger partial charge in [0, 0.05) is 12.0 Å². The van der Waals surface area contributed by atoms with E-state index in [4.69, 9.17) is 0 Å². The highest BCUT2D eigenvalue weighted by Crippen LogP contribution is 1.92. The molecule has 0 fully saturated rings. The molecule has 0 saturated carbocycles. The SMILES string of the molecule is CC(C)NCC(=O)C(C)C.Cc1ccccc1. The molecule has 0 heterocycles. The van der Waals surface area contributed by atoms with Crippen molar-refractivity contribution in [1.29, 1.82) is 0 Å². The predicted molar refractivity (Wildman–Crippen MR) is 74.2 cm³/mol. The van der Waals surface area contributed by atoms with Gasteiger partial charge in [0.25, 0.3) is 0 Å². The highest BCUT2D eigenvalue weighted by molar-refractivity contribution is 5.82. The molecule has 0 saturated heterocycles. The third kappa shape index (κ3) is 9.76. The smallest absolute Gasteiger partial charge is 0.149 e. The van der Waals surface area contributed by atoms with E-state index in [9.17, 15) is 4.79 Å². The standard InChI is InChI=1S/C8H17NO.C7H8/c1-6(2)8(10)5-9-7(3)4;1-7-5-3-2-4-6-7/h6-7,9H,5H2,1-4H3;2-6H,1H3. The van der Waals surface area contributed by atoms with Gasteiger partial charge in [-0.05, 0) is 6.92 Å². The number of aryl methyl sites for hydroxylation is 1. The molecule has 0 unspecified atom stereocenters. The summed E-state index contributed by atoms with van der Waals surface area (Å²) in [7, 11) is 0. The van der Waals surface area contributed by atoms with Crippen molar-refractivity contribution in [2.24, 2.45) is 5.92 Å². The summed E-state index contributed by atoms with van der Waals surface area (Å²) >= 11 is 0. The minimum absolute atomic E-state index is 0.159. The Morgan fingerprint density at radius 3 is 1.94 bits per heavy atom. The van der Waals surface area contributed by atoms with Crippen LogP contribution in [0, 0.1) is 12.8 Å². The molecule has 17 heavy (non-hydrogen) atoms. The molecule has 0 aromatic heterocycles. The molecule has 0 radical (unpaired) electrons. The fourth-order valence-corrected chi connectivity index (χ4v) is 1.04. The molecule has 0 atom stereocenters. The predicted octanol–water partition coefficient (Wildman–Crippen LogP) is 3.20. The van der Waals surface area contributed by atoms with E-state index in [2.05, 4.69) is 24.4 Å².